The van der Waals surface area contributed by atoms with E-state index in [9.17, 15) is 14.7 Å². The van der Waals surface area contributed by atoms with Gasteiger partial charge in [0.2, 0.25) is 5.91 Å². The van der Waals surface area contributed by atoms with E-state index in [-0.39, 0.29) is 23.3 Å². The van der Waals surface area contributed by atoms with Gasteiger partial charge in [-0.3, -0.25) is 19.9 Å². The average molecular weight is 463 g/mol. The number of carbonyl (C=O) groups is 2. The van der Waals surface area contributed by atoms with Crippen LogP contribution in [0.3, 0.4) is 0 Å². The van der Waals surface area contributed by atoms with Gasteiger partial charge in [-0.25, -0.2) is 0 Å². The normalized spacial score (nSPS) is 24.4. The summed E-state index contributed by atoms with van der Waals surface area (Å²) in [6, 6.07) is 14.0. The van der Waals surface area contributed by atoms with Gasteiger partial charge in [0.25, 0.3) is 5.91 Å². The summed E-state index contributed by atoms with van der Waals surface area (Å²) < 4.78 is 0. The lowest BCUT2D eigenvalue weighted by Gasteiger charge is -2.44. The van der Waals surface area contributed by atoms with Gasteiger partial charge in [0.15, 0.2) is 5.96 Å². The summed E-state index contributed by atoms with van der Waals surface area (Å²) in [5.74, 6) is -0.278. The molecule has 0 radical (unpaired) electrons. The van der Waals surface area contributed by atoms with E-state index in [1.165, 1.54) is 4.90 Å². The lowest BCUT2D eigenvalue weighted by atomic mass is 9.86. The van der Waals surface area contributed by atoms with Crippen LogP contribution in [-0.2, 0) is 11.2 Å². The number of hydrogen-bond acceptors (Lipinski definition) is 4. The maximum Gasteiger partial charge on any atom is 0.251 e. The zero-order valence-electron chi connectivity index (χ0n) is 20.3. The van der Waals surface area contributed by atoms with Gasteiger partial charge in [0.1, 0.15) is 0 Å². The second-order valence-electron chi connectivity index (χ2n) is 9.84. The molecule has 3 atom stereocenters. The second-order valence-corrected chi connectivity index (χ2v) is 9.84. The van der Waals surface area contributed by atoms with Crippen LogP contribution in [-0.4, -0.2) is 38.9 Å². The van der Waals surface area contributed by atoms with Crippen molar-refractivity contribution in [3.63, 3.8) is 0 Å². The highest BCUT2D eigenvalue weighted by Crippen LogP contribution is 2.39. The molecule has 0 aromatic heterocycles. The fourth-order valence-electron chi connectivity index (χ4n) is 5.28. The molecule has 7 heteroatoms. The van der Waals surface area contributed by atoms with Crippen molar-refractivity contribution in [3.05, 3.63) is 70.8 Å². The number of carbonyl (C=O) groups excluding carboxylic acids is 2. The third-order valence-corrected chi connectivity index (χ3v) is 7.57. The highest BCUT2D eigenvalue weighted by molar-refractivity contribution is 6.00. The number of fused-ring (bicyclic) bond motifs is 1. The van der Waals surface area contributed by atoms with Crippen molar-refractivity contribution in [1.29, 1.82) is 5.41 Å². The monoisotopic (exact) mass is 462 g/mol. The Bertz CT molecular complexity index is 1100. The van der Waals surface area contributed by atoms with E-state index in [0.29, 0.717) is 18.4 Å². The highest BCUT2D eigenvalue weighted by Gasteiger charge is 2.43. The van der Waals surface area contributed by atoms with Crippen molar-refractivity contribution in [2.45, 2.75) is 76.6 Å². The molecular weight excluding hydrogens is 428 g/mol. The lowest BCUT2D eigenvalue weighted by molar-refractivity contribution is -0.132. The van der Waals surface area contributed by atoms with E-state index in [4.69, 9.17) is 5.41 Å². The van der Waals surface area contributed by atoms with Gasteiger partial charge in [-0.1, -0.05) is 50.2 Å². The summed E-state index contributed by atoms with van der Waals surface area (Å²) in [5, 5.41) is 25.7. The molecule has 0 saturated carbocycles. The Kier molecular flexibility index (Phi) is 6.25. The first-order valence-electron chi connectivity index (χ1n) is 12.0. The van der Waals surface area contributed by atoms with E-state index < -0.39 is 17.7 Å². The molecule has 1 aliphatic heterocycles. The van der Waals surface area contributed by atoms with E-state index in [1.54, 1.807) is 25.1 Å². The fourth-order valence-corrected chi connectivity index (χ4v) is 5.28. The summed E-state index contributed by atoms with van der Waals surface area (Å²) in [6.45, 7) is 7.66. The third-order valence-electron chi connectivity index (χ3n) is 7.57. The van der Waals surface area contributed by atoms with Gasteiger partial charge in [0.05, 0.1) is 24.1 Å². The van der Waals surface area contributed by atoms with E-state index in [1.807, 2.05) is 51.1 Å². The van der Waals surface area contributed by atoms with Crippen LogP contribution in [0.15, 0.2) is 48.5 Å². The predicted octanol–water partition coefficient (Wildman–Crippen LogP) is 3.84. The van der Waals surface area contributed by atoms with Crippen LogP contribution in [0.4, 0.5) is 0 Å². The van der Waals surface area contributed by atoms with Crippen LogP contribution in [0, 0.1) is 5.41 Å². The molecule has 4 N–H and O–H groups in total. The van der Waals surface area contributed by atoms with Crippen molar-refractivity contribution < 1.29 is 14.7 Å². The largest absolute Gasteiger partial charge is 0.387 e. The maximum absolute atomic E-state index is 13.2. The molecule has 2 amide bonds. The fraction of sp³-hybridized carbons (Fsp3) is 0.444. The van der Waals surface area contributed by atoms with Gasteiger partial charge in [-0.2, -0.15) is 0 Å². The molecule has 7 nitrogen and oxygen atoms in total. The van der Waals surface area contributed by atoms with Crippen molar-refractivity contribution in [1.82, 2.24) is 15.5 Å². The highest BCUT2D eigenvalue weighted by atomic mass is 16.3. The Hall–Kier alpha value is -3.19. The second kappa shape index (κ2) is 8.87. The smallest absolute Gasteiger partial charge is 0.251 e. The quantitative estimate of drug-likeness (QED) is 0.523. The Morgan fingerprint density at radius 2 is 1.91 bits per heavy atom. The zero-order valence-corrected chi connectivity index (χ0v) is 20.3. The molecule has 1 saturated heterocycles. The Labute approximate surface area is 201 Å². The van der Waals surface area contributed by atoms with Crippen molar-refractivity contribution in [3.8, 4) is 0 Å². The van der Waals surface area contributed by atoms with Gasteiger partial charge >= 0.3 is 0 Å². The predicted molar refractivity (Wildman–Crippen MR) is 131 cm³/mol. The van der Waals surface area contributed by atoms with E-state index >= 15 is 0 Å². The lowest BCUT2D eigenvalue weighted by Crippen LogP contribution is -2.62. The number of nitrogens with one attached hydrogen (secondary N) is 3. The molecule has 1 fully saturated rings. The van der Waals surface area contributed by atoms with Gasteiger partial charge < -0.3 is 15.7 Å². The standard InChI is InChI=1S/C27H34N4O3/c1-5-27(6-2)16-22(32)31(25(28)30-27)17(3)18-11-9-12-19(14-18)24(33)29-23-21-13-8-7-10-20(21)15-26(23,4)34/h7-14,17,23,34H,5-6,15-16H2,1-4H3,(H2,28,30)(H,29,33)/t17?,23-,26-/m1/s1. The number of benzene rings is 2. The SMILES string of the molecule is CCC1(CC)CC(=O)N(C(C)c2cccc(C(=O)N[C@@H]3c4ccccc4C[C@@]3(C)O)c2)C(=N)N1. The molecule has 2 aromatic rings. The Balaban J connectivity index is 1.54. The molecule has 4 rings (SSSR count). The van der Waals surface area contributed by atoms with Crippen LogP contribution in [0.5, 0.6) is 0 Å². The van der Waals surface area contributed by atoms with Crippen molar-refractivity contribution in [2.24, 2.45) is 0 Å². The van der Waals surface area contributed by atoms with Gasteiger partial charge in [-0.15, -0.1) is 0 Å². The first-order chi connectivity index (χ1) is 16.1. The number of rotatable bonds is 6. The number of nitrogens with zero attached hydrogens (tertiary/aromatic N) is 1. The van der Waals surface area contributed by atoms with Crippen LogP contribution >= 0.6 is 0 Å². The number of amides is 2. The molecule has 180 valence electrons. The maximum atomic E-state index is 13.2. The van der Waals surface area contributed by atoms with Gasteiger partial charge in [-0.05, 0) is 55.5 Å². The van der Waals surface area contributed by atoms with E-state index in [2.05, 4.69) is 10.6 Å². The summed E-state index contributed by atoms with van der Waals surface area (Å²) in [7, 11) is 0. The minimum Gasteiger partial charge on any atom is -0.387 e. The Morgan fingerprint density at radius 1 is 1.21 bits per heavy atom. The summed E-state index contributed by atoms with van der Waals surface area (Å²) in [5.41, 5.74) is 1.73. The molecule has 1 unspecified atom stereocenters. The molecule has 2 aromatic carbocycles. The minimum atomic E-state index is -1.07. The molecule has 0 bridgehead atoms. The summed E-state index contributed by atoms with van der Waals surface area (Å²) in [6.07, 6.45) is 2.35. The number of aliphatic hydroxyl groups is 1. The molecule has 1 aliphatic carbocycles. The van der Waals surface area contributed by atoms with E-state index in [0.717, 1.165) is 29.5 Å². The molecule has 34 heavy (non-hydrogen) atoms. The molecule has 2 aliphatic rings. The average Bonchev–Trinajstić information content (AvgIpc) is 3.07. The molecular formula is C27H34N4O3. The van der Waals surface area contributed by atoms with Gasteiger partial charge in [0, 0.05) is 17.5 Å². The van der Waals surface area contributed by atoms with Crippen molar-refractivity contribution in [2.75, 3.05) is 0 Å². The zero-order chi connectivity index (χ0) is 24.7. The number of hydrogen-bond donors (Lipinski definition) is 4. The topological polar surface area (TPSA) is 106 Å². The summed E-state index contributed by atoms with van der Waals surface area (Å²) in [4.78, 5) is 27.7. The Morgan fingerprint density at radius 3 is 2.59 bits per heavy atom. The molecule has 0 spiro atoms. The van der Waals surface area contributed by atoms with Crippen LogP contribution in [0.1, 0.15) is 86.1 Å². The minimum absolute atomic E-state index is 0.0894. The first kappa shape index (κ1) is 24.0. The van der Waals surface area contributed by atoms with Crippen LogP contribution < -0.4 is 10.6 Å². The van der Waals surface area contributed by atoms with Crippen LogP contribution in [0.25, 0.3) is 0 Å². The number of guanidine groups is 1. The first-order valence-corrected chi connectivity index (χ1v) is 12.0. The summed E-state index contributed by atoms with van der Waals surface area (Å²) >= 11 is 0. The molecule has 1 heterocycles. The van der Waals surface area contributed by atoms with Crippen LogP contribution in [0.2, 0.25) is 0 Å². The van der Waals surface area contributed by atoms with Crippen molar-refractivity contribution >= 4 is 17.8 Å². The third kappa shape index (κ3) is 4.20.